The molecule has 3 aliphatic heterocycles. The maximum Gasteiger partial charge on any atom is 0.313 e. The van der Waals surface area contributed by atoms with E-state index < -0.39 is 65.6 Å². The highest BCUT2D eigenvalue weighted by atomic mass is 35.5. The van der Waals surface area contributed by atoms with E-state index in [0.29, 0.717) is 42.0 Å². The highest BCUT2D eigenvalue weighted by Gasteiger charge is 2.76. The summed E-state index contributed by atoms with van der Waals surface area (Å²) in [4.78, 5) is 60.3. The summed E-state index contributed by atoms with van der Waals surface area (Å²) >= 11 is 6.61. The van der Waals surface area contributed by atoms with E-state index in [0.717, 1.165) is 0 Å². The quantitative estimate of drug-likeness (QED) is 0.161. The summed E-state index contributed by atoms with van der Waals surface area (Å²) in [7, 11) is 1.50. The Morgan fingerprint density at radius 1 is 1.15 bits per heavy atom. The molecule has 0 aromatic heterocycles. The SMILES string of the molecule is C=CCCC(=O)N[C@@H](COC)[C@@H](OC(=O)[C@@H]1[C@@H]2CC[C@]3(O2)[C@H](C(=O)N(CC=C)c2ccccc2Cl)N([C@@H](CO)[C@@H](C)CC)C(=O)[C@@H]13)c1ccccc1. The molecule has 0 radical (unpaired) electrons. The number of para-hydroxylation sites is 1. The summed E-state index contributed by atoms with van der Waals surface area (Å²) in [6.45, 7) is 11.2. The van der Waals surface area contributed by atoms with Gasteiger partial charge < -0.3 is 34.4 Å². The highest BCUT2D eigenvalue weighted by molar-refractivity contribution is 6.34. The number of rotatable bonds is 18. The van der Waals surface area contributed by atoms with Crippen LogP contribution in [0.25, 0.3) is 0 Å². The molecule has 3 fully saturated rings. The fraction of sp³-hybridized carbons (Fsp3) is 0.500. The molecule has 2 N–H and O–H groups in total. The van der Waals surface area contributed by atoms with Gasteiger partial charge in [0.05, 0.1) is 53.9 Å². The predicted molar refractivity (Wildman–Crippen MR) is 197 cm³/mol. The Morgan fingerprint density at radius 2 is 1.87 bits per heavy atom. The normalized spacial score (nSPS) is 25.5. The van der Waals surface area contributed by atoms with Crippen LogP contribution in [0.3, 0.4) is 0 Å². The first-order chi connectivity index (χ1) is 25.1. The summed E-state index contributed by atoms with van der Waals surface area (Å²) in [5, 5.41) is 14.1. The zero-order valence-corrected chi connectivity index (χ0v) is 30.9. The van der Waals surface area contributed by atoms with E-state index in [4.69, 9.17) is 25.8 Å². The summed E-state index contributed by atoms with van der Waals surface area (Å²) in [5.74, 6) is -4.10. The number of ether oxygens (including phenoxy) is 3. The second-order valence-electron chi connectivity index (χ2n) is 13.9. The molecule has 3 aliphatic rings. The van der Waals surface area contributed by atoms with Crippen LogP contribution in [0.2, 0.25) is 5.02 Å². The van der Waals surface area contributed by atoms with Crippen molar-refractivity contribution in [1.29, 1.82) is 0 Å². The van der Waals surface area contributed by atoms with Crippen LogP contribution in [-0.2, 0) is 33.4 Å². The van der Waals surface area contributed by atoms with Crippen LogP contribution in [-0.4, -0.2) is 90.4 Å². The number of aliphatic hydroxyl groups excluding tert-OH is 1. The van der Waals surface area contributed by atoms with Crippen LogP contribution >= 0.6 is 11.6 Å². The van der Waals surface area contributed by atoms with E-state index in [1.54, 1.807) is 48.6 Å². The van der Waals surface area contributed by atoms with E-state index in [2.05, 4.69) is 18.5 Å². The molecule has 52 heavy (non-hydrogen) atoms. The number of anilines is 1. The molecule has 2 aromatic carbocycles. The molecule has 1 spiro atoms. The Hall–Kier alpha value is -4.03. The van der Waals surface area contributed by atoms with Crippen molar-refractivity contribution in [3.05, 3.63) is 90.5 Å². The highest BCUT2D eigenvalue weighted by Crippen LogP contribution is 2.60. The van der Waals surface area contributed by atoms with Crippen LogP contribution in [0.4, 0.5) is 5.69 Å². The lowest BCUT2D eigenvalue weighted by molar-refractivity contribution is -0.163. The van der Waals surface area contributed by atoms with Gasteiger partial charge in [-0.3, -0.25) is 19.2 Å². The lowest BCUT2D eigenvalue weighted by Gasteiger charge is -2.41. The number of allylic oxidation sites excluding steroid dienone is 1. The third-order valence-corrected chi connectivity index (χ3v) is 11.1. The fourth-order valence-corrected chi connectivity index (χ4v) is 8.43. The topological polar surface area (TPSA) is 135 Å². The number of esters is 1. The van der Waals surface area contributed by atoms with E-state index in [-0.39, 0.29) is 38.0 Å². The van der Waals surface area contributed by atoms with Gasteiger partial charge in [0.25, 0.3) is 5.91 Å². The van der Waals surface area contributed by atoms with Crippen molar-refractivity contribution in [2.24, 2.45) is 17.8 Å². The van der Waals surface area contributed by atoms with Gasteiger partial charge in [0.1, 0.15) is 17.7 Å². The minimum absolute atomic E-state index is 0.0438. The Morgan fingerprint density at radius 3 is 2.50 bits per heavy atom. The number of carbonyl (C=O) groups excluding carboxylic acids is 4. The zero-order chi connectivity index (χ0) is 37.6. The summed E-state index contributed by atoms with van der Waals surface area (Å²) in [6, 6.07) is 13.3. The molecule has 9 atom stereocenters. The molecule has 3 saturated heterocycles. The number of hydrogen-bond donors (Lipinski definition) is 2. The smallest absolute Gasteiger partial charge is 0.313 e. The number of nitrogens with one attached hydrogen (secondary N) is 1. The van der Waals surface area contributed by atoms with Gasteiger partial charge in [-0.2, -0.15) is 0 Å². The number of hydrogen-bond acceptors (Lipinski definition) is 8. The molecule has 0 saturated carbocycles. The first kappa shape index (κ1) is 39.2. The third-order valence-electron chi connectivity index (χ3n) is 10.8. The van der Waals surface area contributed by atoms with Gasteiger partial charge in [-0.05, 0) is 42.9 Å². The molecule has 0 unspecified atom stereocenters. The summed E-state index contributed by atoms with van der Waals surface area (Å²) in [5.41, 5.74) is -0.291. The Kier molecular flexibility index (Phi) is 13.0. The van der Waals surface area contributed by atoms with E-state index in [1.807, 2.05) is 32.0 Å². The number of nitrogens with zero attached hydrogens (tertiary/aromatic N) is 2. The van der Waals surface area contributed by atoms with Crippen LogP contribution in [0.1, 0.15) is 57.6 Å². The van der Waals surface area contributed by atoms with Crippen LogP contribution in [0.15, 0.2) is 79.9 Å². The Labute approximate surface area is 310 Å². The maximum absolute atomic E-state index is 15.0. The molecule has 12 heteroatoms. The van der Waals surface area contributed by atoms with Gasteiger partial charge >= 0.3 is 5.97 Å². The first-order valence-electron chi connectivity index (χ1n) is 18.0. The lowest BCUT2D eigenvalue weighted by Crippen LogP contribution is -2.60. The van der Waals surface area contributed by atoms with E-state index in [9.17, 15) is 24.3 Å². The molecular formula is C40H50ClN3O8. The number of aliphatic hydroxyl groups is 1. The lowest BCUT2D eigenvalue weighted by atomic mass is 9.70. The van der Waals surface area contributed by atoms with Crippen molar-refractivity contribution in [1.82, 2.24) is 10.2 Å². The van der Waals surface area contributed by atoms with Crippen molar-refractivity contribution in [2.75, 3.05) is 31.8 Å². The molecule has 2 aromatic rings. The number of fused-ring (bicyclic) bond motifs is 1. The van der Waals surface area contributed by atoms with Gasteiger partial charge in [-0.1, -0.05) is 86.5 Å². The first-order valence-corrected chi connectivity index (χ1v) is 18.4. The van der Waals surface area contributed by atoms with Crippen LogP contribution in [0, 0.1) is 17.8 Å². The molecule has 11 nitrogen and oxygen atoms in total. The number of amides is 3. The number of benzene rings is 2. The minimum atomic E-state index is -1.36. The van der Waals surface area contributed by atoms with Crippen LogP contribution < -0.4 is 10.2 Å². The van der Waals surface area contributed by atoms with Crippen molar-refractivity contribution in [2.45, 2.75) is 81.9 Å². The van der Waals surface area contributed by atoms with Gasteiger partial charge in [0.2, 0.25) is 11.8 Å². The summed E-state index contributed by atoms with van der Waals surface area (Å²) < 4.78 is 18.5. The summed E-state index contributed by atoms with van der Waals surface area (Å²) in [6.07, 6.45) is 3.63. The Balaban J connectivity index is 1.55. The van der Waals surface area contributed by atoms with E-state index >= 15 is 0 Å². The molecule has 0 aliphatic carbocycles. The second-order valence-corrected chi connectivity index (χ2v) is 14.3. The monoisotopic (exact) mass is 735 g/mol. The second kappa shape index (κ2) is 17.2. The number of methoxy groups -OCH3 is 1. The van der Waals surface area contributed by atoms with Gasteiger partial charge in [0.15, 0.2) is 0 Å². The number of likely N-dealkylation sites (tertiary alicyclic amines) is 1. The molecule has 3 amide bonds. The Bertz CT molecular complexity index is 1620. The number of halogens is 1. The fourth-order valence-electron chi connectivity index (χ4n) is 8.19. The van der Waals surface area contributed by atoms with Crippen LogP contribution in [0.5, 0.6) is 0 Å². The maximum atomic E-state index is 15.0. The molecule has 280 valence electrons. The van der Waals surface area contributed by atoms with Crippen molar-refractivity contribution in [3.8, 4) is 0 Å². The minimum Gasteiger partial charge on any atom is -0.455 e. The standard InChI is InChI=1S/C40H50ClN3O8/c1-6-9-19-32(46)42-28(24-50-5)35(26-15-11-10-12-16-26)51-39(49)33-31-20-21-40(52-31)34(33)37(47)44(30(23-45)25(4)8-3)36(40)38(48)43(22-7-2)29-18-14-13-17-27(29)41/h6-7,10-18,25,28,30-31,33-36,45H,1-2,8-9,19-24H2,3-5H3,(H,42,46)/t25-,28-,30-,31-,33+,34+,35-,36-,40+/m0/s1. The molecule has 2 bridgehead atoms. The van der Waals surface area contributed by atoms with E-state index in [1.165, 1.54) is 16.9 Å². The third kappa shape index (κ3) is 7.42. The average molecular weight is 736 g/mol. The van der Waals surface area contributed by atoms with Gasteiger partial charge in [0, 0.05) is 20.1 Å². The van der Waals surface area contributed by atoms with Crippen molar-refractivity contribution < 1.29 is 38.5 Å². The molecular weight excluding hydrogens is 686 g/mol. The van der Waals surface area contributed by atoms with Gasteiger partial charge in [-0.25, -0.2) is 0 Å². The van der Waals surface area contributed by atoms with Crippen molar-refractivity contribution in [3.63, 3.8) is 0 Å². The van der Waals surface area contributed by atoms with Crippen molar-refractivity contribution >= 4 is 41.0 Å². The number of carbonyl (C=O) groups is 4. The molecule has 5 rings (SSSR count). The van der Waals surface area contributed by atoms with Gasteiger partial charge in [-0.15, -0.1) is 13.2 Å². The molecule has 3 heterocycles. The largest absolute Gasteiger partial charge is 0.455 e. The zero-order valence-electron chi connectivity index (χ0n) is 30.1. The predicted octanol–water partition coefficient (Wildman–Crippen LogP) is 5.02. The average Bonchev–Trinajstić information content (AvgIpc) is 3.80.